The monoisotopic (exact) mass is 197 g/mol. The Labute approximate surface area is 83.6 Å². The standard InChI is InChI=1S/C11H16FNO/c1-3-10(13)11(14)8-6-7(2)4-5-9(8)12/h4-6,10-11,14H,3,13H2,1-2H3. The Morgan fingerprint density at radius 2 is 2.14 bits per heavy atom. The van der Waals surface area contributed by atoms with Crippen molar-refractivity contribution < 1.29 is 9.50 Å². The van der Waals surface area contributed by atoms with E-state index in [0.717, 1.165) is 5.56 Å². The van der Waals surface area contributed by atoms with E-state index in [9.17, 15) is 9.50 Å². The lowest BCUT2D eigenvalue weighted by Gasteiger charge is -2.18. The van der Waals surface area contributed by atoms with Crippen LogP contribution in [0.2, 0.25) is 0 Å². The minimum absolute atomic E-state index is 0.291. The van der Waals surface area contributed by atoms with Crippen LogP contribution in [0.3, 0.4) is 0 Å². The number of aryl methyl sites for hydroxylation is 1. The average molecular weight is 197 g/mol. The fourth-order valence-electron chi connectivity index (χ4n) is 1.34. The number of rotatable bonds is 3. The van der Waals surface area contributed by atoms with Gasteiger partial charge in [-0.1, -0.05) is 24.6 Å². The molecule has 3 heteroatoms. The quantitative estimate of drug-likeness (QED) is 0.777. The summed E-state index contributed by atoms with van der Waals surface area (Å²) in [5.41, 5.74) is 6.86. The molecule has 2 nitrogen and oxygen atoms in total. The van der Waals surface area contributed by atoms with Crippen LogP contribution in [0.15, 0.2) is 18.2 Å². The van der Waals surface area contributed by atoms with Crippen molar-refractivity contribution in [1.29, 1.82) is 0 Å². The molecular formula is C11H16FNO. The first kappa shape index (κ1) is 11.1. The molecule has 3 N–H and O–H groups in total. The van der Waals surface area contributed by atoms with Crippen LogP contribution in [0.1, 0.15) is 30.6 Å². The number of halogens is 1. The molecule has 2 atom stereocenters. The van der Waals surface area contributed by atoms with Crippen LogP contribution in [0.4, 0.5) is 4.39 Å². The molecule has 0 bridgehead atoms. The molecule has 1 aromatic rings. The van der Waals surface area contributed by atoms with Gasteiger partial charge in [0.1, 0.15) is 5.82 Å². The van der Waals surface area contributed by atoms with Gasteiger partial charge in [-0.25, -0.2) is 4.39 Å². The van der Waals surface area contributed by atoms with E-state index in [2.05, 4.69) is 0 Å². The summed E-state index contributed by atoms with van der Waals surface area (Å²) >= 11 is 0. The van der Waals surface area contributed by atoms with Gasteiger partial charge in [-0.15, -0.1) is 0 Å². The third-order valence-corrected chi connectivity index (χ3v) is 2.35. The van der Waals surface area contributed by atoms with Crippen LogP contribution in [0.25, 0.3) is 0 Å². The first-order valence-corrected chi connectivity index (χ1v) is 4.76. The normalized spacial score (nSPS) is 15.2. The van der Waals surface area contributed by atoms with Crippen LogP contribution in [0, 0.1) is 12.7 Å². The minimum Gasteiger partial charge on any atom is -0.387 e. The molecule has 0 aliphatic carbocycles. The molecule has 78 valence electrons. The first-order valence-electron chi connectivity index (χ1n) is 4.76. The maximum atomic E-state index is 13.3. The summed E-state index contributed by atoms with van der Waals surface area (Å²) in [7, 11) is 0. The van der Waals surface area contributed by atoms with Crippen molar-refractivity contribution in [2.24, 2.45) is 5.73 Å². The van der Waals surface area contributed by atoms with E-state index in [-0.39, 0.29) is 0 Å². The zero-order valence-electron chi connectivity index (χ0n) is 8.50. The Kier molecular flexibility index (Phi) is 3.61. The maximum absolute atomic E-state index is 13.3. The number of hydrogen-bond donors (Lipinski definition) is 2. The molecule has 0 heterocycles. The Morgan fingerprint density at radius 3 is 2.71 bits per heavy atom. The predicted molar refractivity (Wildman–Crippen MR) is 54.4 cm³/mol. The topological polar surface area (TPSA) is 46.2 Å². The highest BCUT2D eigenvalue weighted by atomic mass is 19.1. The highest BCUT2D eigenvalue weighted by molar-refractivity contribution is 5.26. The van der Waals surface area contributed by atoms with Crippen molar-refractivity contribution in [3.63, 3.8) is 0 Å². The van der Waals surface area contributed by atoms with Crippen molar-refractivity contribution in [2.45, 2.75) is 32.4 Å². The molecule has 1 rings (SSSR count). The smallest absolute Gasteiger partial charge is 0.129 e. The third-order valence-electron chi connectivity index (χ3n) is 2.35. The largest absolute Gasteiger partial charge is 0.387 e. The Balaban J connectivity index is 2.99. The van der Waals surface area contributed by atoms with E-state index in [0.29, 0.717) is 12.0 Å². The Hall–Kier alpha value is -0.930. The molecule has 14 heavy (non-hydrogen) atoms. The lowest BCUT2D eigenvalue weighted by Crippen LogP contribution is -2.28. The third kappa shape index (κ3) is 2.30. The highest BCUT2D eigenvalue weighted by Crippen LogP contribution is 2.21. The zero-order valence-corrected chi connectivity index (χ0v) is 8.50. The number of benzene rings is 1. The summed E-state index contributed by atoms with van der Waals surface area (Å²) in [6, 6.07) is 4.25. The van der Waals surface area contributed by atoms with Gasteiger partial charge in [0, 0.05) is 11.6 Å². The number of nitrogens with two attached hydrogens (primary N) is 1. The fraction of sp³-hybridized carbons (Fsp3) is 0.455. The van der Waals surface area contributed by atoms with E-state index in [1.54, 1.807) is 12.1 Å². The van der Waals surface area contributed by atoms with Crippen LogP contribution in [-0.2, 0) is 0 Å². The van der Waals surface area contributed by atoms with Gasteiger partial charge in [0.15, 0.2) is 0 Å². The van der Waals surface area contributed by atoms with Gasteiger partial charge < -0.3 is 10.8 Å². The van der Waals surface area contributed by atoms with Gasteiger partial charge in [-0.05, 0) is 19.4 Å². The molecule has 0 saturated heterocycles. The fourth-order valence-corrected chi connectivity index (χ4v) is 1.34. The number of hydrogen-bond acceptors (Lipinski definition) is 2. The van der Waals surface area contributed by atoms with E-state index in [4.69, 9.17) is 5.73 Å². The van der Waals surface area contributed by atoms with Crippen molar-refractivity contribution in [1.82, 2.24) is 0 Å². The summed E-state index contributed by atoms with van der Waals surface area (Å²) in [5, 5.41) is 9.73. The van der Waals surface area contributed by atoms with Gasteiger partial charge in [0.25, 0.3) is 0 Å². The second-order valence-electron chi connectivity index (χ2n) is 3.54. The maximum Gasteiger partial charge on any atom is 0.129 e. The van der Waals surface area contributed by atoms with E-state index >= 15 is 0 Å². The summed E-state index contributed by atoms with van der Waals surface area (Å²) in [6.07, 6.45) is -0.297. The van der Waals surface area contributed by atoms with Gasteiger partial charge >= 0.3 is 0 Å². The molecule has 0 radical (unpaired) electrons. The number of aliphatic hydroxyl groups is 1. The van der Waals surface area contributed by atoms with Crippen LogP contribution in [-0.4, -0.2) is 11.1 Å². The average Bonchev–Trinajstić information content (AvgIpc) is 2.19. The predicted octanol–water partition coefficient (Wildman–Crippen LogP) is 1.90. The molecule has 2 unspecified atom stereocenters. The molecule has 0 spiro atoms. The summed E-state index contributed by atoms with van der Waals surface area (Å²) in [6.45, 7) is 3.72. The highest BCUT2D eigenvalue weighted by Gasteiger charge is 2.18. The van der Waals surface area contributed by atoms with E-state index < -0.39 is 18.0 Å². The molecule has 0 aromatic heterocycles. The zero-order chi connectivity index (χ0) is 10.7. The van der Waals surface area contributed by atoms with Crippen LogP contribution >= 0.6 is 0 Å². The lowest BCUT2D eigenvalue weighted by molar-refractivity contribution is 0.140. The van der Waals surface area contributed by atoms with Crippen molar-refractivity contribution in [3.05, 3.63) is 35.1 Å². The van der Waals surface area contributed by atoms with Gasteiger partial charge in [0.05, 0.1) is 6.10 Å². The molecule has 0 fully saturated rings. The van der Waals surface area contributed by atoms with E-state index in [1.807, 2.05) is 13.8 Å². The van der Waals surface area contributed by atoms with Gasteiger partial charge in [-0.2, -0.15) is 0 Å². The Morgan fingerprint density at radius 1 is 1.50 bits per heavy atom. The van der Waals surface area contributed by atoms with Gasteiger partial charge in [-0.3, -0.25) is 0 Å². The van der Waals surface area contributed by atoms with Crippen molar-refractivity contribution >= 4 is 0 Å². The SMILES string of the molecule is CCC(N)C(O)c1cc(C)ccc1F. The molecule has 0 saturated carbocycles. The molecule has 0 aliphatic rings. The van der Waals surface area contributed by atoms with E-state index in [1.165, 1.54) is 6.07 Å². The lowest BCUT2D eigenvalue weighted by atomic mass is 9.99. The van der Waals surface area contributed by atoms with Gasteiger partial charge in [0.2, 0.25) is 0 Å². The summed E-state index contributed by atoms with van der Waals surface area (Å²) in [5.74, 6) is -0.396. The molecule has 1 aromatic carbocycles. The molecule has 0 amide bonds. The van der Waals surface area contributed by atoms with Crippen molar-refractivity contribution in [3.8, 4) is 0 Å². The Bertz CT molecular complexity index is 314. The minimum atomic E-state index is -0.917. The van der Waals surface area contributed by atoms with Crippen LogP contribution < -0.4 is 5.73 Å². The first-order chi connectivity index (χ1) is 6.56. The molecule has 0 aliphatic heterocycles. The second kappa shape index (κ2) is 4.53. The van der Waals surface area contributed by atoms with Crippen LogP contribution in [0.5, 0.6) is 0 Å². The molecular weight excluding hydrogens is 181 g/mol. The summed E-state index contributed by atoms with van der Waals surface area (Å²) in [4.78, 5) is 0. The van der Waals surface area contributed by atoms with Crippen molar-refractivity contribution in [2.75, 3.05) is 0 Å². The number of aliphatic hydroxyl groups excluding tert-OH is 1. The summed E-state index contributed by atoms with van der Waals surface area (Å²) < 4.78 is 13.3. The second-order valence-corrected chi connectivity index (χ2v) is 3.54.